The average molecular weight is 340 g/mol. The van der Waals surface area contributed by atoms with Crippen LogP contribution in [0.2, 0.25) is 0 Å². The van der Waals surface area contributed by atoms with Crippen LogP contribution in [0.25, 0.3) is 0 Å². The minimum Gasteiger partial charge on any atom is -0.444 e. The Morgan fingerprint density at radius 2 is 2.14 bits per heavy atom. The van der Waals surface area contributed by atoms with Crippen molar-refractivity contribution in [3.8, 4) is 0 Å². The number of likely N-dealkylation sites (tertiary alicyclic amines) is 1. The van der Waals surface area contributed by atoms with E-state index in [2.05, 4.69) is 0 Å². The smallest absolute Gasteiger partial charge is 0.410 e. The van der Waals surface area contributed by atoms with E-state index in [-0.39, 0.29) is 23.4 Å². The Bertz CT molecular complexity index is 515. The van der Waals surface area contributed by atoms with Crippen LogP contribution in [0.1, 0.15) is 33.6 Å². The van der Waals surface area contributed by atoms with Gasteiger partial charge >= 0.3 is 6.09 Å². The van der Waals surface area contributed by atoms with Gasteiger partial charge in [-0.2, -0.15) is 0 Å². The van der Waals surface area contributed by atoms with Crippen molar-refractivity contribution in [2.45, 2.75) is 45.3 Å². The summed E-state index contributed by atoms with van der Waals surface area (Å²) in [6, 6.07) is 0. The summed E-state index contributed by atoms with van der Waals surface area (Å²) in [7, 11) is 1.70. The van der Waals surface area contributed by atoms with Crippen LogP contribution in [0.3, 0.4) is 0 Å². The van der Waals surface area contributed by atoms with Gasteiger partial charge in [0.2, 0.25) is 9.05 Å². The first-order valence-electron chi connectivity index (χ1n) is 7.00. The van der Waals surface area contributed by atoms with E-state index in [4.69, 9.17) is 20.2 Å². The fourth-order valence-corrected chi connectivity index (χ4v) is 4.01. The molecule has 2 aliphatic rings. The Morgan fingerprint density at radius 3 is 2.71 bits per heavy atom. The number of hydrogen-bond acceptors (Lipinski definition) is 5. The summed E-state index contributed by atoms with van der Waals surface area (Å²) in [5.74, 6) is -0.178. The second-order valence-corrected chi connectivity index (χ2v) is 9.82. The topological polar surface area (TPSA) is 72.9 Å². The van der Waals surface area contributed by atoms with E-state index >= 15 is 0 Å². The molecule has 8 heteroatoms. The second-order valence-electron chi connectivity index (χ2n) is 6.99. The highest BCUT2D eigenvalue weighted by Gasteiger charge is 2.47. The van der Waals surface area contributed by atoms with Gasteiger partial charge < -0.3 is 14.4 Å². The summed E-state index contributed by atoms with van der Waals surface area (Å²) in [6.45, 7) is 7.10. The Kier molecular flexibility index (Phi) is 4.48. The third kappa shape index (κ3) is 4.72. The molecule has 2 atom stereocenters. The van der Waals surface area contributed by atoms with Crippen LogP contribution in [-0.2, 0) is 18.5 Å². The van der Waals surface area contributed by atoms with Crippen molar-refractivity contribution in [2.24, 2.45) is 5.41 Å². The van der Waals surface area contributed by atoms with Crippen molar-refractivity contribution in [1.29, 1.82) is 0 Å². The van der Waals surface area contributed by atoms with Crippen LogP contribution in [-0.4, -0.2) is 56.6 Å². The largest absolute Gasteiger partial charge is 0.444 e. The molecule has 2 heterocycles. The number of carbonyl (C=O) groups is 1. The van der Waals surface area contributed by atoms with Crippen LogP contribution >= 0.6 is 10.7 Å². The highest BCUT2D eigenvalue weighted by atomic mass is 35.7. The molecule has 21 heavy (non-hydrogen) atoms. The van der Waals surface area contributed by atoms with Crippen molar-refractivity contribution in [2.75, 3.05) is 25.4 Å². The van der Waals surface area contributed by atoms with Gasteiger partial charge in [0, 0.05) is 29.2 Å². The first kappa shape index (κ1) is 16.8. The number of hydrogen-bond donors (Lipinski definition) is 0. The molecule has 122 valence electrons. The minimum atomic E-state index is -3.57. The Labute approximate surface area is 130 Å². The van der Waals surface area contributed by atoms with E-state index in [0.29, 0.717) is 26.1 Å². The quantitative estimate of drug-likeness (QED) is 0.719. The van der Waals surface area contributed by atoms with Crippen LogP contribution in [0, 0.1) is 5.41 Å². The van der Waals surface area contributed by atoms with Gasteiger partial charge in [0.05, 0.1) is 18.5 Å². The zero-order valence-corrected chi connectivity index (χ0v) is 14.2. The van der Waals surface area contributed by atoms with Crippen LogP contribution in [0.5, 0.6) is 0 Å². The maximum Gasteiger partial charge on any atom is 0.410 e. The van der Waals surface area contributed by atoms with E-state index in [1.54, 1.807) is 4.90 Å². The van der Waals surface area contributed by atoms with Crippen molar-refractivity contribution >= 4 is 25.8 Å². The monoisotopic (exact) mass is 339 g/mol. The van der Waals surface area contributed by atoms with Gasteiger partial charge in [-0.15, -0.1) is 0 Å². The Hall–Kier alpha value is -0.530. The van der Waals surface area contributed by atoms with Gasteiger partial charge in [0.15, 0.2) is 0 Å². The van der Waals surface area contributed by atoms with Gasteiger partial charge in [-0.25, -0.2) is 13.2 Å². The lowest BCUT2D eigenvalue weighted by atomic mass is 9.85. The average Bonchev–Trinajstić information content (AvgIpc) is 2.82. The normalized spacial score (nSPS) is 30.1. The zero-order valence-electron chi connectivity index (χ0n) is 12.6. The van der Waals surface area contributed by atoms with Gasteiger partial charge in [0.1, 0.15) is 5.60 Å². The summed E-state index contributed by atoms with van der Waals surface area (Å²) < 4.78 is 33.2. The summed E-state index contributed by atoms with van der Waals surface area (Å²) >= 11 is 0. The molecule has 1 amide bonds. The number of nitrogens with zero attached hydrogens (tertiary/aromatic N) is 1. The summed E-state index contributed by atoms with van der Waals surface area (Å²) in [6.07, 6.45) is 0.697. The molecule has 0 aromatic carbocycles. The number of carbonyl (C=O) groups excluding carboxylic acids is 1. The van der Waals surface area contributed by atoms with E-state index in [1.165, 1.54) is 0 Å². The molecule has 2 aliphatic heterocycles. The van der Waals surface area contributed by atoms with E-state index < -0.39 is 14.7 Å². The van der Waals surface area contributed by atoms with Gasteiger partial charge in [0.25, 0.3) is 0 Å². The highest BCUT2D eigenvalue weighted by Crippen LogP contribution is 2.41. The maximum atomic E-state index is 12.1. The fourth-order valence-electron chi connectivity index (χ4n) is 2.93. The molecule has 2 rings (SSSR count). The molecule has 0 N–H and O–H groups in total. The van der Waals surface area contributed by atoms with Gasteiger partial charge in [-0.3, -0.25) is 0 Å². The van der Waals surface area contributed by atoms with E-state index in [0.717, 1.165) is 6.42 Å². The zero-order chi connectivity index (χ0) is 15.9. The van der Waals surface area contributed by atoms with Crippen molar-refractivity contribution in [3.05, 3.63) is 0 Å². The first-order valence-corrected chi connectivity index (χ1v) is 9.48. The van der Waals surface area contributed by atoms with Crippen LogP contribution < -0.4 is 0 Å². The number of halogens is 1. The standard InChI is InChI=1S/C13H22ClNO5S/c1-12(2,3)20-11(16)15-5-4-13(8-15)6-10(19-9-13)7-21(14,17)18/h10H,4-9H2,1-3H3. The summed E-state index contributed by atoms with van der Waals surface area (Å²) in [5.41, 5.74) is -0.683. The molecule has 2 fully saturated rings. The predicted molar refractivity (Wildman–Crippen MR) is 78.9 cm³/mol. The second kappa shape index (κ2) is 5.59. The van der Waals surface area contributed by atoms with Crippen molar-refractivity contribution in [3.63, 3.8) is 0 Å². The molecule has 2 unspecified atom stereocenters. The van der Waals surface area contributed by atoms with Gasteiger partial charge in [-0.05, 0) is 33.6 Å². The SMILES string of the molecule is CC(C)(C)OC(=O)N1CCC2(COC(CS(=O)(=O)Cl)C2)C1. The predicted octanol–water partition coefficient (Wildman–Crippen LogP) is 1.97. The lowest BCUT2D eigenvalue weighted by molar-refractivity contribution is 0.0269. The minimum absolute atomic E-state index is 0.164. The third-order valence-electron chi connectivity index (χ3n) is 3.76. The van der Waals surface area contributed by atoms with Gasteiger partial charge in [-0.1, -0.05) is 0 Å². The van der Waals surface area contributed by atoms with E-state index in [9.17, 15) is 13.2 Å². The summed E-state index contributed by atoms with van der Waals surface area (Å²) in [5, 5.41) is 0. The molecule has 6 nitrogen and oxygen atoms in total. The molecular formula is C13H22ClNO5S. The number of ether oxygens (including phenoxy) is 2. The van der Waals surface area contributed by atoms with Crippen LogP contribution in [0.4, 0.5) is 4.79 Å². The number of amides is 1. The van der Waals surface area contributed by atoms with Crippen molar-refractivity contribution < 1.29 is 22.7 Å². The summed E-state index contributed by atoms with van der Waals surface area (Å²) in [4.78, 5) is 13.7. The maximum absolute atomic E-state index is 12.1. The lowest BCUT2D eigenvalue weighted by Crippen LogP contribution is -2.37. The Balaban J connectivity index is 1.92. The third-order valence-corrected chi connectivity index (χ3v) is 4.91. The molecule has 0 aromatic rings. The molecule has 0 saturated carbocycles. The molecular weight excluding hydrogens is 318 g/mol. The molecule has 0 bridgehead atoms. The molecule has 0 aromatic heterocycles. The van der Waals surface area contributed by atoms with Crippen LogP contribution in [0.15, 0.2) is 0 Å². The van der Waals surface area contributed by atoms with E-state index in [1.807, 2.05) is 20.8 Å². The molecule has 0 radical (unpaired) electrons. The number of rotatable bonds is 2. The lowest BCUT2D eigenvalue weighted by Gasteiger charge is -2.26. The molecule has 0 aliphatic carbocycles. The Morgan fingerprint density at radius 1 is 1.48 bits per heavy atom. The fraction of sp³-hybridized carbons (Fsp3) is 0.923. The first-order chi connectivity index (χ1) is 9.48. The van der Waals surface area contributed by atoms with Crippen molar-refractivity contribution in [1.82, 2.24) is 4.90 Å². The highest BCUT2D eigenvalue weighted by molar-refractivity contribution is 8.13. The molecule has 2 saturated heterocycles. The molecule has 1 spiro atoms.